The van der Waals surface area contributed by atoms with Gasteiger partial charge in [-0.1, -0.05) is 203 Å². The van der Waals surface area contributed by atoms with Gasteiger partial charge in [-0.2, -0.15) is 0 Å². The van der Waals surface area contributed by atoms with Crippen molar-refractivity contribution < 1.29 is 48.1 Å². The van der Waals surface area contributed by atoms with E-state index in [1.165, 1.54) is 0 Å². The third kappa shape index (κ3) is 8.95. The SMILES string of the molecule is [2H]c1nc(-c2[c-]c(-c3cccc4c3nc(-c3ccccc3O)n4-c3cc(-c4ccccc4)c(C(C)(C)C)cc3-c3ccccc3)cc(-c3ccccc3)c2)c([2H])c(-c2c([2H])c([2H])c(C(C([2H])([2H])[2H])(C([2H])([2H])[2H])C([2H])([2H])[2H])c([2H])c2[2H])c1[2H].[Pt]. The summed E-state index contributed by atoms with van der Waals surface area (Å²) in [7, 11) is 0. The predicted octanol–water partition coefficient (Wildman–Crippen LogP) is 16.2. The molecule has 0 amide bonds. The Hall–Kier alpha value is -7.13. The number of pyridine rings is 1. The van der Waals surface area contributed by atoms with E-state index < -0.39 is 85.1 Å². The van der Waals surface area contributed by atoms with Gasteiger partial charge < -0.3 is 5.11 Å². The van der Waals surface area contributed by atoms with Crippen LogP contribution in [0.15, 0.2) is 200 Å². The maximum Gasteiger partial charge on any atom is 0.148 e. The van der Waals surface area contributed by atoms with Gasteiger partial charge >= 0.3 is 0 Å². The van der Waals surface area contributed by atoms with Gasteiger partial charge in [-0.05, 0) is 91.7 Å². The summed E-state index contributed by atoms with van der Waals surface area (Å²) in [6.45, 7) is -5.28. The third-order valence-corrected chi connectivity index (χ3v) is 11.5. The van der Waals surface area contributed by atoms with Crippen LogP contribution >= 0.6 is 0 Å². The number of rotatable bonds is 8. The molecule has 0 aliphatic carbocycles. The second kappa shape index (κ2) is 18.3. The molecule has 67 heavy (non-hydrogen) atoms. The van der Waals surface area contributed by atoms with Crippen LogP contribution in [0.25, 0.3) is 95.0 Å². The zero-order valence-corrected chi connectivity index (χ0v) is 38.9. The number of hydrogen-bond donors (Lipinski definition) is 1. The van der Waals surface area contributed by atoms with E-state index in [-0.39, 0.29) is 43.5 Å². The topological polar surface area (TPSA) is 50.9 Å². The summed E-state index contributed by atoms with van der Waals surface area (Å²) in [5.41, 5.74) is 2.18. The van der Waals surface area contributed by atoms with E-state index in [2.05, 4.69) is 56.1 Å². The molecule has 5 heteroatoms. The summed E-state index contributed by atoms with van der Waals surface area (Å²) in [5.74, 6) is 0.386. The maximum absolute atomic E-state index is 11.7. The molecular formula is C62H52N3OPt-. The molecule has 0 unspecified atom stereocenters. The van der Waals surface area contributed by atoms with Crippen molar-refractivity contribution in [3.63, 3.8) is 0 Å². The number of aromatic hydroxyl groups is 1. The first kappa shape index (κ1) is 29.5. The molecule has 8 aromatic carbocycles. The fourth-order valence-electron chi connectivity index (χ4n) is 8.34. The number of para-hydroxylation sites is 2. The van der Waals surface area contributed by atoms with Crippen LogP contribution in [0.4, 0.5) is 0 Å². The number of nitrogens with zero attached hydrogens (tertiary/aromatic N) is 3. The van der Waals surface area contributed by atoms with Gasteiger partial charge in [0.25, 0.3) is 0 Å². The largest absolute Gasteiger partial charge is 0.507 e. The summed E-state index contributed by atoms with van der Waals surface area (Å²) in [5, 5.41) is 11.7. The second-order valence-corrected chi connectivity index (χ2v) is 17.1. The Labute approximate surface area is 431 Å². The zero-order valence-electron chi connectivity index (χ0n) is 52.6. The molecular weight excluding hydrogens is 998 g/mol. The van der Waals surface area contributed by atoms with Gasteiger partial charge in [-0.3, -0.25) is 9.55 Å². The van der Waals surface area contributed by atoms with Crippen LogP contribution in [0, 0.1) is 6.07 Å². The van der Waals surface area contributed by atoms with E-state index in [0.717, 1.165) is 33.5 Å². The Kier molecular flexibility index (Phi) is 8.04. The van der Waals surface area contributed by atoms with Gasteiger partial charge in [0.2, 0.25) is 0 Å². The number of hydrogen-bond acceptors (Lipinski definition) is 3. The number of aromatic nitrogens is 3. The molecule has 0 saturated heterocycles. The van der Waals surface area contributed by atoms with Crippen molar-refractivity contribution in [1.29, 1.82) is 0 Å². The first-order valence-electron chi connectivity index (χ1n) is 29.4. The van der Waals surface area contributed by atoms with Gasteiger partial charge in [0.05, 0.1) is 31.9 Å². The summed E-state index contributed by atoms with van der Waals surface area (Å²) in [6, 6.07) is 46.9. The quantitative estimate of drug-likeness (QED) is 0.154. The van der Waals surface area contributed by atoms with E-state index in [4.69, 9.17) is 22.8 Å². The van der Waals surface area contributed by atoms with Crippen molar-refractivity contribution >= 4 is 11.0 Å². The Morgan fingerprint density at radius 2 is 1.16 bits per heavy atom. The number of benzene rings is 8. The average Bonchev–Trinajstić information content (AvgIpc) is 3.05. The molecule has 332 valence electrons. The average molecular weight is 1070 g/mol. The summed E-state index contributed by atoms with van der Waals surface area (Å²) >= 11 is 0. The molecule has 0 radical (unpaired) electrons. The van der Waals surface area contributed by atoms with Crippen LogP contribution in [0.3, 0.4) is 0 Å². The molecule has 0 aliphatic rings. The van der Waals surface area contributed by atoms with Gasteiger partial charge in [0.1, 0.15) is 11.6 Å². The van der Waals surface area contributed by atoms with Crippen molar-refractivity contribution in [3.05, 3.63) is 217 Å². The second-order valence-electron chi connectivity index (χ2n) is 17.1. The Balaban J connectivity index is 0.00000828. The minimum Gasteiger partial charge on any atom is -0.507 e. The fourth-order valence-corrected chi connectivity index (χ4v) is 8.34. The van der Waals surface area contributed by atoms with Gasteiger partial charge in [0.15, 0.2) is 0 Å². The summed E-state index contributed by atoms with van der Waals surface area (Å²) in [4.78, 5) is 9.80. The fraction of sp³-hybridized carbons (Fsp3) is 0.129. The van der Waals surface area contributed by atoms with E-state index in [1.807, 2.05) is 114 Å². The Morgan fingerprint density at radius 3 is 1.82 bits per heavy atom. The van der Waals surface area contributed by atoms with Crippen LogP contribution in [-0.4, -0.2) is 19.6 Å². The van der Waals surface area contributed by atoms with Crippen molar-refractivity contribution in [2.45, 2.75) is 52.2 Å². The molecule has 10 aromatic rings. The van der Waals surface area contributed by atoms with E-state index >= 15 is 0 Å². The molecule has 0 aliphatic heterocycles. The molecule has 0 spiro atoms. The maximum atomic E-state index is 11.7. The van der Waals surface area contributed by atoms with Gasteiger partial charge in [-0.25, -0.2) is 4.98 Å². The van der Waals surface area contributed by atoms with Crippen LogP contribution < -0.4 is 0 Å². The standard InChI is InChI=1S/C62H52N3O.Pt/c1-61(2,3)49-31-29-42(30-32-49)45-33-34-63-55(38-45)48-36-46(41-19-10-7-11-20-41)35-47(37-48)50-26-18-27-56-59(50)64-60(51-25-16-17-28-58(51)66)65(56)57-40-52(43-21-12-8-13-22-43)54(62(4,5)6)39-53(57)44-23-14-9-15-24-44;/h7-36,38-40,66H,1-6H3;/q-1;/i1D3,2D3,3D3,29D,30D,31D,32D,33D,34D,38D;. The monoisotopic (exact) mass is 1070 g/mol. The summed E-state index contributed by atoms with van der Waals surface area (Å²) in [6.07, 6.45) is -0.765. The predicted molar refractivity (Wildman–Crippen MR) is 275 cm³/mol. The van der Waals surface area contributed by atoms with E-state index in [1.54, 1.807) is 24.3 Å². The number of fused-ring (bicyclic) bond motifs is 1. The normalized spacial score (nSPS) is 15.7. The molecule has 4 nitrogen and oxygen atoms in total. The number of phenolic OH excluding ortho intramolecular Hbond substituents is 1. The van der Waals surface area contributed by atoms with E-state index in [0.29, 0.717) is 44.7 Å². The molecule has 0 atom stereocenters. The van der Waals surface area contributed by atoms with Crippen molar-refractivity contribution in [2.24, 2.45) is 0 Å². The summed E-state index contributed by atoms with van der Waals surface area (Å²) < 4.78 is 141. The molecule has 2 aromatic heterocycles. The van der Waals surface area contributed by atoms with Crippen LogP contribution in [0.1, 0.15) is 74.4 Å². The van der Waals surface area contributed by atoms with Gasteiger partial charge in [-0.15, -0.1) is 23.8 Å². The van der Waals surface area contributed by atoms with Crippen molar-refractivity contribution in [3.8, 4) is 89.7 Å². The Morgan fingerprint density at radius 1 is 0.552 bits per heavy atom. The Bertz CT molecular complexity index is 4070. The zero-order chi connectivity index (χ0) is 59.2. The number of imidazole rings is 1. The van der Waals surface area contributed by atoms with Gasteiger partial charge in [0, 0.05) is 50.8 Å². The molecule has 0 fully saturated rings. The van der Waals surface area contributed by atoms with Crippen LogP contribution in [0.5, 0.6) is 5.75 Å². The molecule has 0 saturated carbocycles. The minimum atomic E-state index is -3.94. The smallest absolute Gasteiger partial charge is 0.148 e. The first-order valence-corrected chi connectivity index (χ1v) is 21.4. The van der Waals surface area contributed by atoms with Crippen LogP contribution in [0.2, 0.25) is 0 Å². The van der Waals surface area contributed by atoms with Crippen molar-refractivity contribution in [1.82, 2.24) is 14.5 Å². The minimum absolute atomic E-state index is 0. The van der Waals surface area contributed by atoms with Crippen molar-refractivity contribution in [2.75, 3.05) is 0 Å². The molecule has 10 rings (SSSR count). The molecule has 1 N–H and O–H groups in total. The molecule has 0 bridgehead atoms. The number of phenols is 1. The van der Waals surface area contributed by atoms with E-state index in [9.17, 15) is 9.22 Å². The van der Waals surface area contributed by atoms with Crippen LogP contribution in [-0.2, 0) is 31.9 Å². The molecule has 2 heterocycles. The third-order valence-electron chi connectivity index (χ3n) is 11.5. The first-order chi connectivity index (χ1) is 38.6.